The van der Waals surface area contributed by atoms with Crippen LogP contribution in [0.2, 0.25) is 0 Å². The molecule has 0 N–H and O–H groups in total. The number of rotatable bonds is 6. The van der Waals surface area contributed by atoms with Crippen LogP contribution < -0.4 is 0 Å². The monoisotopic (exact) mass is 448 g/mol. The quantitative estimate of drug-likeness (QED) is 0.412. The summed E-state index contributed by atoms with van der Waals surface area (Å²) in [5.74, 6) is 0. The zero-order chi connectivity index (χ0) is 20.2. The van der Waals surface area contributed by atoms with Crippen molar-refractivity contribution in [2.75, 3.05) is 28.2 Å². The maximum absolute atomic E-state index is 3.50. The first-order chi connectivity index (χ1) is 12.5. The van der Waals surface area contributed by atoms with Crippen molar-refractivity contribution < 1.29 is 26.2 Å². The van der Waals surface area contributed by atoms with Crippen LogP contribution in [0.3, 0.4) is 0 Å². The van der Waals surface area contributed by atoms with Gasteiger partial charge < -0.3 is 10.6 Å². The van der Waals surface area contributed by atoms with Crippen LogP contribution >= 0.6 is 0 Å². The van der Waals surface area contributed by atoms with Gasteiger partial charge in [0.1, 0.15) is 0 Å². The molecule has 2 aromatic rings. The molecule has 0 aromatic heterocycles. The fraction of sp³-hybridized carbons (Fsp3) is 0.583. The molecule has 2 nitrogen and oxygen atoms in total. The third-order valence-electron chi connectivity index (χ3n) is 3.58. The van der Waals surface area contributed by atoms with Crippen LogP contribution in [0.25, 0.3) is 10.6 Å². The van der Waals surface area contributed by atoms with E-state index < -0.39 is 0 Å². The molecule has 0 aliphatic carbocycles. The van der Waals surface area contributed by atoms with Crippen LogP contribution in [0.15, 0.2) is 36.4 Å². The maximum atomic E-state index is 3.50. The molecular formula is C24H42N2Zr. The molecule has 0 aliphatic rings. The number of nitrogens with zero attached hydrogens (tertiary/aromatic N) is 2. The second-order valence-electron chi connectivity index (χ2n) is 6.69. The van der Waals surface area contributed by atoms with Gasteiger partial charge in [-0.3, -0.25) is 0 Å². The fourth-order valence-electron chi connectivity index (χ4n) is 2.33. The minimum atomic E-state index is 0. The Balaban J connectivity index is -0.000000322. The molecule has 0 unspecified atom stereocenters. The molecule has 2 aromatic carbocycles. The third kappa shape index (κ3) is 21.7. The van der Waals surface area contributed by atoms with E-state index in [9.17, 15) is 0 Å². The molecule has 2 rings (SSSR count). The smallest absolute Gasteiger partial charge is 0.668 e. The normalized spacial score (nSPS) is 8.89. The van der Waals surface area contributed by atoms with Gasteiger partial charge in [0, 0.05) is 0 Å². The summed E-state index contributed by atoms with van der Waals surface area (Å²) in [7, 11) is 7.00. The molecule has 3 heteroatoms. The Hall–Kier alpha value is -0.497. The predicted octanol–water partition coefficient (Wildman–Crippen LogP) is 7.35. The molecule has 0 bridgehead atoms. The Morgan fingerprint density at radius 2 is 1.00 bits per heavy atom. The molecule has 0 amide bonds. The number of aryl methyl sites for hydroxylation is 4. The summed E-state index contributed by atoms with van der Waals surface area (Å²) in [6.07, 6.45) is 7.75. The van der Waals surface area contributed by atoms with Crippen LogP contribution in [-0.4, -0.2) is 28.2 Å². The average Bonchev–Trinajstić information content (AvgIpc) is 3.21. The molecule has 27 heavy (non-hydrogen) atoms. The van der Waals surface area contributed by atoms with Crippen molar-refractivity contribution in [2.24, 2.45) is 0 Å². The van der Waals surface area contributed by atoms with E-state index in [1.807, 2.05) is 0 Å². The molecule has 0 saturated carbocycles. The van der Waals surface area contributed by atoms with Crippen molar-refractivity contribution in [3.05, 3.63) is 69.3 Å². The van der Waals surface area contributed by atoms with E-state index in [0.29, 0.717) is 0 Å². The predicted molar refractivity (Wildman–Crippen MR) is 121 cm³/mol. The molecule has 0 aliphatic heterocycles. The third-order valence-corrected chi connectivity index (χ3v) is 3.58. The Kier molecular flexibility index (Phi) is 27.2. The topological polar surface area (TPSA) is 28.2 Å². The van der Waals surface area contributed by atoms with Crippen LogP contribution in [0.5, 0.6) is 0 Å². The van der Waals surface area contributed by atoms with Gasteiger partial charge in [0.15, 0.2) is 0 Å². The van der Waals surface area contributed by atoms with Crippen LogP contribution in [0, 0.1) is 13.8 Å². The van der Waals surface area contributed by atoms with E-state index in [1.165, 1.54) is 60.8 Å². The van der Waals surface area contributed by atoms with Crippen molar-refractivity contribution in [3.63, 3.8) is 0 Å². The first kappa shape index (κ1) is 31.2. The fourth-order valence-corrected chi connectivity index (χ4v) is 2.33. The van der Waals surface area contributed by atoms with E-state index in [0.717, 1.165) is 0 Å². The van der Waals surface area contributed by atoms with E-state index in [1.54, 1.807) is 28.2 Å². The number of hydrogen-bond acceptors (Lipinski definition) is 0. The molecule has 0 fully saturated rings. The van der Waals surface area contributed by atoms with Gasteiger partial charge in [-0.15, -0.1) is 0 Å². The van der Waals surface area contributed by atoms with Gasteiger partial charge >= 0.3 is 26.2 Å². The summed E-state index contributed by atoms with van der Waals surface area (Å²) in [4.78, 5) is 0. The Labute approximate surface area is 189 Å². The molecule has 152 valence electrons. The van der Waals surface area contributed by atoms with Gasteiger partial charge in [-0.25, -0.2) is 23.3 Å². The van der Waals surface area contributed by atoms with E-state index in [2.05, 4.69) is 74.7 Å². The number of unbranched alkanes of at least 4 members (excludes halogenated alkanes) is 2. The van der Waals surface area contributed by atoms with Crippen LogP contribution in [0.1, 0.15) is 61.8 Å². The SMILES string of the molecule is CCCC[c-]1ccc(C)c1.CCCC[c-]1ccc(C)c1.C[N-]C.C[N-]C.[Zr+4]. The van der Waals surface area contributed by atoms with Gasteiger partial charge in [0.25, 0.3) is 0 Å². The van der Waals surface area contributed by atoms with Crippen LogP contribution in [-0.2, 0) is 39.0 Å². The molecular weight excluding hydrogens is 408 g/mol. The van der Waals surface area contributed by atoms with Crippen molar-refractivity contribution in [1.82, 2.24) is 0 Å². The van der Waals surface area contributed by atoms with Crippen molar-refractivity contribution in [1.29, 1.82) is 0 Å². The van der Waals surface area contributed by atoms with Gasteiger partial charge in [-0.1, -0.05) is 66.2 Å². The molecule has 0 radical (unpaired) electrons. The first-order valence-electron chi connectivity index (χ1n) is 9.89. The number of hydrogen-bond donors (Lipinski definition) is 0. The maximum Gasteiger partial charge on any atom is 4.00 e. The van der Waals surface area contributed by atoms with Gasteiger partial charge in [0.2, 0.25) is 0 Å². The second kappa shape index (κ2) is 23.5. The van der Waals surface area contributed by atoms with E-state index >= 15 is 0 Å². The summed E-state index contributed by atoms with van der Waals surface area (Å²) in [5, 5.41) is 7.00. The zero-order valence-electron chi connectivity index (χ0n) is 19.1. The van der Waals surface area contributed by atoms with Crippen molar-refractivity contribution in [3.8, 4) is 0 Å². The van der Waals surface area contributed by atoms with Crippen molar-refractivity contribution >= 4 is 0 Å². The average molecular weight is 450 g/mol. The summed E-state index contributed by atoms with van der Waals surface area (Å²) >= 11 is 0. The molecule has 0 atom stereocenters. The Bertz CT molecular complexity index is 454. The first-order valence-corrected chi connectivity index (χ1v) is 9.89. The van der Waals surface area contributed by atoms with Crippen LogP contribution in [0.4, 0.5) is 0 Å². The second-order valence-corrected chi connectivity index (χ2v) is 6.69. The minimum Gasteiger partial charge on any atom is -0.668 e. The standard InChI is InChI=1S/2C10H15.2C2H6N.Zr/c2*1-3-4-5-10-7-6-9(2)8-10;2*1-3-2;/h2*6-8H,3-5H2,1-2H3;2*1-2H3;/q4*-1;+4. The Morgan fingerprint density at radius 1 is 0.704 bits per heavy atom. The minimum absolute atomic E-state index is 0. The summed E-state index contributed by atoms with van der Waals surface area (Å²) in [5.41, 5.74) is 5.79. The summed E-state index contributed by atoms with van der Waals surface area (Å²) in [6, 6.07) is 13.4. The summed E-state index contributed by atoms with van der Waals surface area (Å²) in [6.45, 7) is 8.76. The van der Waals surface area contributed by atoms with Gasteiger partial charge in [0.05, 0.1) is 0 Å². The van der Waals surface area contributed by atoms with E-state index in [4.69, 9.17) is 0 Å². The molecule has 0 heterocycles. The van der Waals surface area contributed by atoms with E-state index in [-0.39, 0.29) is 26.2 Å². The van der Waals surface area contributed by atoms with Crippen molar-refractivity contribution in [2.45, 2.75) is 66.2 Å². The van der Waals surface area contributed by atoms with Gasteiger partial charge in [-0.2, -0.15) is 63.6 Å². The Morgan fingerprint density at radius 3 is 1.19 bits per heavy atom. The van der Waals surface area contributed by atoms with Gasteiger partial charge in [-0.05, 0) is 0 Å². The molecule has 0 spiro atoms. The zero-order valence-corrected chi connectivity index (χ0v) is 21.6. The molecule has 0 saturated heterocycles. The summed E-state index contributed by atoms with van der Waals surface area (Å²) < 4.78 is 0. The largest absolute Gasteiger partial charge is 4.00 e.